The molecule has 1 amide bonds. The molecule has 0 aliphatic carbocycles. The van der Waals surface area contributed by atoms with Crippen LogP contribution in [0.25, 0.3) is 0 Å². The summed E-state index contributed by atoms with van der Waals surface area (Å²) in [5, 5.41) is 12.3. The number of rotatable bonds is 2. The van der Waals surface area contributed by atoms with Crippen LogP contribution >= 0.6 is 27.5 Å². The lowest BCUT2D eigenvalue weighted by Crippen LogP contribution is -2.45. The van der Waals surface area contributed by atoms with Gasteiger partial charge in [0.15, 0.2) is 0 Å². The second-order valence-electron chi connectivity index (χ2n) is 7.52. The van der Waals surface area contributed by atoms with E-state index in [1.165, 1.54) is 0 Å². The number of hydrogen-bond donors (Lipinski definition) is 1. The summed E-state index contributed by atoms with van der Waals surface area (Å²) in [6, 6.07) is 3.21. The molecule has 1 aromatic rings. The summed E-state index contributed by atoms with van der Waals surface area (Å²) in [7, 11) is 0. The summed E-state index contributed by atoms with van der Waals surface area (Å²) < 4.78 is 5.54. The van der Waals surface area contributed by atoms with E-state index in [9.17, 15) is 9.90 Å². The zero-order valence-corrected chi connectivity index (χ0v) is 16.4. The van der Waals surface area contributed by atoms with Gasteiger partial charge in [-0.3, -0.25) is 4.90 Å². The molecule has 2 saturated heterocycles. The van der Waals surface area contributed by atoms with Crippen LogP contribution in [0.3, 0.4) is 0 Å². The smallest absolute Gasteiger partial charge is 0.410 e. The number of carbonyl (C=O) groups excluding carboxylic acids is 1. The number of aromatic nitrogens is 1. The SMILES string of the molecule is CC(C)(C)OC(=O)N1[C@H]2CC[C@@H]1[C@@](O)(c1ccc(Cl)nc1CBr)C2. The van der Waals surface area contributed by atoms with Crippen LogP contribution in [0.15, 0.2) is 12.1 Å². The van der Waals surface area contributed by atoms with Crippen LogP contribution in [-0.2, 0) is 15.7 Å². The molecule has 5 nitrogen and oxygen atoms in total. The molecule has 1 aromatic heterocycles. The average Bonchev–Trinajstić information content (AvgIpc) is 3.00. The van der Waals surface area contributed by atoms with Crippen LogP contribution in [-0.4, -0.2) is 38.8 Å². The Bertz CT molecular complexity index is 664. The number of pyridine rings is 1. The first-order chi connectivity index (χ1) is 11.2. The molecule has 2 fully saturated rings. The fraction of sp³-hybridized carbons (Fsp3) is 0.647. The molecule has 132 valence electrons. The minimum Gasteiger partial charge on any atom is -0.444 e. The highest BCUT2D eigenvalue weighted by molar-refractivity contribution is 9.08. The maximum atomic E-state index is 12.6. The second-order valence-corrected chi connectivity index (χ2v) is 8.47. The molecule has 24 heavy (non-hydrogen) atoms. The summed E-state index contributed by atoms with van der Waals surface area (Å²) in [4.78, 5) is 18.6. The summed E-state index contributed by atoms with van der Waals surface area (Å²) in [5.74, 6) is 0. The predicted octanol–water partition coefficient (Wildman–Crippen LogP) is 3.99. The van der Waals surface area contributed by atoms with Gasteiger partial charge in [-0.1, -0.05) is 33.6 Å². The van der Waals surface area contributed by atoms with E-state index >= 15 is 0 Å². The molecular weight excluding hydrogens is 396 g/mol. The summed E-state index contributed by atoms with van der Waals surface area (Å²) >= 11 is 9.39. The number of ether oxygens (including phenoxy) is 1. The largest absolute Gasteiger partial charge is 0.444 e. The first kappa shape index (κ1) is 18.0. The summed E-state index contributed by atoms with van der Waals surface area (Å²) in [5.41, 5.74) is -0.216. The molecule has 3 atom stereocenters. The van der Waals surface area contributed by atoms with Gasteiger partial charge in [-0.2, -0.15) is 0 Å². The molecule has 0 saturated carbocycles. The maximum Gasteiger partial charge on any atom is 0.410 e. The molecule has 0 radical (unpaired) electrons. The molecule has 3 heterocycles. The van der Waals surface area contributed by atoms with Gasteiger partial charge in [0, 0.05) is 23.4 Å². The molecule has 2 aliphatic rings. The van der Waals surface area contributed by atoms with E-state index in [2.05, 4.69) is 20.9 Å². The Kier molecular flexibility index (Phi) is 4.60. The Balaban J connectivity index is 1.93. The Morgan fingerprint density at radius 1 is 1.50 bits per heavy atom. The lowest BCUT2D eigenvalue weighted by atomic mass is 9.79. The molecule has 3 rings (SSSR count). The highest BCUT2D eigenvalue weighted by atomic mass is 79.9. The van der Waals surface area contributed by atoms with E-state index in [-0.39, 0.29) is 18.2 Å². The molecule has 0 spiro atoms. The second kappa shape index (κ2) is 6.15. The van der Waals surface area contributed by atoms with Crippen molar-refractivity contribution in [2.24, 2.45) is 0 Å². The van der Waals surface area contributed by atoms with Gasteiger partial charge in [0.1, 0.15) is 16.4 Å². The number of fused-ring (bicyclic) bond motifs is 2. The van der Waals surface area contributed by atoms with E-state index in [4.69, 9.17) is 16.3 Å². The van der Waals surface area contributed by atoms with Crippen molar-refractivity contribution >= 4 is 33.6 Å². The van der Waals surface area contributed by atoms with Crippen LogP contribution in [0.4, 0.5) is 4.79 Å². The first-order valence-corrected chi connectivity index (χ1v) is 9.61. The Hall–Kier alpha value is -0.850. The Labute approximate surface area is 155 Å². The number of nitrogens with zero attached hydrogens (tertiary/aromatic N) is 2. The molecule has 7 heteroatoms. The van der Waals surface area contributed by atoms with Crippen molar-refractivity contribution in [3.05, 3.63) is 28.5 Å². The lowest BCUT2D eigenvalue weighted by molar-refractivity contribution is -0.0162. The van der Waals surface area contributed by atoms with Crippen molar-refractivity contribution in [2.45, 2.75) is 68.6 Å². The average molecular weight is 418 g/mol. The van der Waals surface area contributed by atoms with Crippen molar-refractivity contribution in [3.8, 4) is 0 Å². The molecule has 0 aromatic carbocycles. The summed E-state index contributed by atoms with van der Waals surface area (Å²) in [6.45, 7) is 5.55. The van der Waals surface area contributed by atoms with Crippen LogP contribution in [0.1, 0.15) is 51.3 Å². The van der Waals surface area contributed by atoms with Crippen LogP contribution < -0.4 is 0 Å². The topological polar surface area (TPSA) is 62.7 Å². The fourth-order valence-electron chi connectivity index (χ4n) is 3.90. The minimum atomic E-state index is -1.11. The number of halogens is 2. The van der Waals surface area contributed by atoms with Gasteiger partial charge in [-0.15, -0.1) is 0 Å². The quantitative estimate of drug-likeness (QED) is 0.584. The predicted molar refractivity (Wildman–Crippen MR) is 95.3 cm³/mol. The zero-order valence-electron chi connectivity index (χ0n) is 14.1. The van der Waals surface area contributed by atoms with E-state index < -0.39 is 11.2 Å². The van der Waals surface area contributed by atoms with Gasteiger partial charge in [-0.05, 0) is 39.7 Å². The number of carbonyl (C=O) groups is 1. The van der Waals surface area contributed by atoms with Crippen LogP contribution in [0.2, 0.25) is 5.15 Å². The van der Waals surface area contributed by atoms with Gasteiger partial charge in [0.25, 0.3) is 0 Å². The molecule has 0 unspecified atom stereocenters. The monoisotopic (exact) mass is 416 g/mol. The molecule has 2 bridgehead atoms. The van der Waals surface area contributed by atoms with Gasteiger partial charge >= 0.3 is 6.09 Å². The van der Waals surface area contributed by atoms with Gasteiger partial charge in [0.2, 0.25) is 0 Å². The zero-order chi connectivity index (χ0) is 17.7. The van der Waals surface area contributed by atoms with Crippen molar-refractivity contribution in [3.63, 3.8) is 0 Å². The maximum absolute atomic E-state index is 12.6. The first-order valence-electron chi connectivity index (χ1n) is 8.11. The molecular formula is C17H22BrClN2O3. The number of hydrogen-bond acceptors (Lipinski definition) is 4. The van der Waals surface area contributed by atoms with Crippen LogP contribution in [0.5, 0.6) is 0 Å². The number of amides is 1. The third-order valence-electron chi connectivity index (χ3n) is 4.74. The normalized spacial score (nSPS) is 29.2. The highest BCUT2D eigenvalue weighted by Crippen LogP contribution is 2.51. The summed E-state index contributed by atoms with van der Waals surface area (Å²) in [6.07, 6.45) is 1.79. The van der Waals surface area contributed by atoms with Crippen LogP contribution in [0, 0.1) is 0 Å². The van der Waals surface area contributed by atoms with Crippen molar-refractivity contribution in [2.75, 3.05) is 0 Å². The Morgan fingerprint density at radius 2 is 2.21 bits per heavy atom. The standard InChI is InChI=1S/C17H22BrClN2O3/c1-16(2,3)24-15(22)21-10-4-6-13(21)17(23,8-10)11-5-7-14(19)20-12(11)9-18/h5,7,10,13,23H,4,6,8-9H2,1-3H3/t10-,13+,17-/m0/s1. The lowest BCUT2D eigenvalue weighted by Gasteiger charge is -2.34. The van der Waals surface area contributed by atoms with Gasteiger partial charge < -0.3 is 9.84 Å². The molecule has 2 aliphatic heterocycles. The van der Waals surface area contributed by atoms with Crippen molar-refractivity contribution in [1.29, 1.82) is 0 Å². The van der Waals surface area contributed by atoms with E-state index in [0.29, 0.717) is 22.6 Å². The Morgan fingerprint density at radius 3 is 2.83 bits per heavy atom. The van der Waals surface area contributed by atoms with Gasteiger partial charge in [-0.25, -0.2) is 9.78 Å². The third kappa shape index (κ3) is 3.04. The minimum absolute atomic E-state index is 0.00583. The fourth-order valence-corrected chi connectivity index (χ4v) is 4.49. The van der Waals surface area contributed by atoms with E-state index in [0.717, 1.165) is 18.4 Å². The van der Waals surface area contributed by atoms with Crippen molar-refractivity contribution < 1.29 is 14.6 Å². The highest BCUT2D eigenvalue weighted by Gasteiger charge is 2.59. The third-order valence-corrected chi connectivity index (χ3v) is 5.48. The number of aliphatic hydroxyl groups is 1. The van der Waals surface area contributed by atoms with E-state index in [1.54, 1.807) is 11.0 Å². The molecule has 1 N–H and O–H groups in total. The number of alkyl halides is 1. The van der Waals surface area contributed by atoms with Crippen molar-refractivity contribution in [1.82, 2.24) is 9.88 Å². The van der Waals surface area contributed by atoms with E-state index in [1.807, 2.05) is 26.8 Å². The van der Waals surface area contributed by atoms with Gasteiger partial charge in [0.05, 0.1) is 11.7 Å².